The number of hydrogen-bond donors (Lipinski definition) is 2. The van der Waals surface area contributed by atoms with Gasteiger partial charge >= 0.3 is 0 Å². The highest BCUT2D eigenvalue weighted by molar-refractivity contribution is 5.95. The number of rotatable bonds is 5. The Labute approximate surface area is 159 Å². The first kappa shape index (κ1) is 21.7. The highest BCUT2D eigenvalue weighted by Gasteiger charge is 2.32. The fraction of sp³-hybridized carbons (Fsp3) is 0.529. The number of ether oxygens (including phenoxy) is 1. The van der Waals surface area contributed by atoms with Crippen LogP contribution in [0.25, 0.3) is 11.1 Å². The summed E-state index contributed by atoms with van der Waals surface area (Å²) in [5.41, 5.74) is 2.24. The highest BCUT2D eigenvalue weighted by Crippen LogP contribution is 2.28. The van der Waals surface area contributed by atoms with Gasteiger partial charge in [0.05, 0.1) is 6.61 Å². The standard InChI is InChI=1S/C17H23N3O3.2ClH/c1-12-3-4-14-13(20-12)9-15(23-14)16(21)19-10-17(11-22-2)5-7-18-8-6-17;;/h3-4,9,18H,5-8,10-11H2,1-2H3,(H,19,21);2*1H. The zero-order valence-electron chi connectivity index (χ0n) is 14.5. The third-order valence-electron chi connectivity index (χ3n) is 4.48. The van der Waals surface area contributed by atoms with Gasteiger partial charge in [-0.15, -0.1) is 24.8 Å². The molecular formula is C17H25Cl2N3O3. The molecule has 0 saturated carbocycles. The number of piperidine rings is 1. The number of carbonyl (C=O) groups is 1. The highest BCUT2D eigenvalue weighted by atomic mass is 35.5. The Balaban J connectivity index is 0.00000156. The molecule has 0 bridgehead atoms. The van der Waals surface area contributed by atoms with Crippen LogP contribution in [0, 0.1) is 12.3 Å². The van der Waals surface area contributed by atoms with Crippen LogP contribution in [0.1, 0.15) is 29.1 Å². The topological polar surface area (TPSA) is 76.4 Å². The summed E-state index contributed by atoms with van der Waals surface area (Å²) in [6, 6.07) is 5.41. The minimum Gasteiger partial charge on any atom is -0.449 e. The Morgan fingerprint density at radius 2 is 2.08 bits per heavy atom. The Bertz CT molecular complexity index is 694. The van der Waals surface area contributed by atoms with Crippen molar-refractivity contribution in [3.63, 3.8) is 0 Å². The van der Waals surface area contributed by atoms with E-state index in [0.717, 1.165) is 31.6 Å². The van der Waals surface area contributed by atoms with E-state index in [2.05, 4.69) is 15.6 Å². The average molecular weight is 390 g/mol. The molecule has 1 amide bonds. The van der Waals surface area contributed by atoms with E-state index in [-0.39, 0.29) is 36.1 Å². The molecule has 0 radical (unpaired) electrons. The average Bonchev–Trinajstić information content (AvgIpc) is 2.97. The summed E-state index contributed by atoms with van der Waals surface area (Å²) in [5.74, 6) is 0.106. The Morgan fingerprint density at radius 3 is 2.76 bits per heavy atom. The summed E-state index contributed by atoms with van der Waals surface area (Å²) in [5, 5.41) is 6.35. The van der Waals surface area contributed by atoms with Crippen LogP contribution in [-0.2, 0) is 4.74 Å². The third kappa shape index (κ3) is 5.07. The van der Waals surface area contributed by atoms with Crippen LogP contribution in [0.2, 0.25) is 0 Å². The molecule has 1 aliphatic rings. The summed E-state index contributed by atoms with van der Waals surface area (Å²) < 4.78 is 11.0. The van der Waals surface area contributed by atoms with Crippen LogP contribution in [0.4, 0.5) is 0 Å². The molecule has 0 atom stereocenters. The van der Waals surface area contributed by atoms with Crippen LogP contribution in [-0.4, -0.2) is 44.2 Å². The molecule has 3 heterocycles. The zero-order valence-corrected chi connectivity index (χ0v) is 16.1. The molecule has 1 aliphatic heterocycles. The number of fused-ring (bicyclic) bond motifs is 1. The van der Waals surface area contributed by atoms with Crippen LogP contribution >= 0.6 is 24.8 Å². The van der Waals surface area contributed by atoms with Gasteiger partial charge in [-0.3, -0.25) is 4.79 Å². The van der Waals surface area contributed by atoms with Gasteiger partial charge in [-0.05, 0) is 45.0 Å². The minimum atomic E-state index is -0.199. The number of pyridine rings is 1. The van der Waals surface area contributed by atoms with Crippen molar-refractivity contribution in [2.45, 2.75) is 19.8 Å². The number of aryl methyl sites for hydroxylation is 1. The van der Waals surface area contributed by atoms with E-state index < -0.39 is 0 Å². The number of furan rings is 1. The van der Waals surface area contributed by atoms with E-state index in [1.807, 2.05) is 19.1 Å². The first-order valence-corrected chi connectivity index (χ1v) is 7.97. The smallest absolute Gasteiger partial charge is 0.287 e. The third-order valence-corrected chi connectivity index (χ3v) is 4.48. The molecule has 3 rings (SSSR count). The molecule has 0 unspecified atom stereocenters. The number of hydrogen-bond acceptors (Lipinski definition) is 5. The fourth-order valence-electron chi connectivity index (χ4n) is 3.13. The number of nitrogens with zero attached hydrogens (tertiary/aromatic N) is 1. The monoisotopic (exact) mass is 389 g/mol. The molecule has 0 spiro atoms. The fourth-order valence-corrected chi connectivity index (χ4v) is 3.13. The lowest BCUT2D eigenvalue weighted by molar-refractivity contribution is 0.0506. The molecule has 2 aromatic rings. The molecule has 25 heavy (non-hydrogen) atoms. The van der Waals surface area contributed by atoms with Crippen molar-refractivity contribution in [2.75, 3.05) is 33.4 Å². The first-order valence-electron chi connectivity index (χ1n) is 7.97. The lowest BCUT2D eigenvalue weighted by atomic mass is 9.79. The zero-order chi connectivity index (χ0) is 16.3. The van der Waals surface area contributed by atoms with Gasteiger partial charge < -0.3 is 19.8 Å². The van der Waals surface area contributed by atoms with Gasteiger partial charge in [0.1, 0.15) is 5.52 Å². The molecule has 140 valence electrons. The van der Waals surface area contributed by atoms with E-state index in [1.54, 1.807) is 13.2 Å². The van der Waals surface area contributed by atoms with Crippen molar-refractivity contribution in [3.8, 4) is 0 Å². The van der Waals surface area contributed by atoms with Crippen LogP contribution in [0.5, 0.6) is 0 Å². The Morgan fingerprint density at radius 1 is 1.36 bits per heavy atom. The molecular weight excluding hydrogens is 365 g/mol. The van der Waals surface area contributed by atoms with Gasteiger partial charge in [-0.2, -0.15) is 0 Å². The molecule has 1 saturated heterocycles. The summed E-state index contributed by atoms with van der Waals surface area (Å²) >= 11 is 0. The maximum absolute atomic E-state index is 12.4. The first-order chi connectivity index (χ1) is 11.1. The quantitative estimate of drug-likeness (QED) is 0.821. The summed E-state index contributed by atoms with van der Waals surface area (Å²) in [4.78, 5) is 16.8. The van der Waals surface area contributed by atoms with Gasteiger partial charge in [0, 0.05) is 30.8 Å². The number of carbonyl (C=O) groups excluding carboxylic acids is 1. The van der Waals surface area contributed by atoms with E-state index in [0.29, 0.717) is 30.0 Å². The molecule has 1 fully saturated rings. The number of amides is 1. The molecule has 6 nitrogen and oxygen atoms in total. The van der Waals surface area contributed by atoms with E-state index in [4.69, 9.17) is 9.15 Å². The van der Waals surface area contributed by atoms with Gasteiger partial charge in [0.15, 0.2) is 11.3 Å². The van der Waals surface area contributed by atoms with Crippen molar-refractivity contribution in [1.82, 2.24) is 15.6 Å². The second-order valence-corrected chi connectivity index (χ2v) is 6.31. The SMILES string of the molecule is COCC1(CNC(=O)c2cc3nc(C)ccc3o2)CCNCC1.Cl.Cl. The summed E-state index contributed by atoms with van der Waals surface area (Å²) in [7, 11) is 1.71. The lowest BCUT2D eigenvalue weighted by Gasteiger charge is -2.37. The van der Waals surface area contributed by atoms with E-state index in [9.17, 15) is 4.79 Å². The van der Waals surface area contributed by atoms with Gasteiger partial charge in [-0.25, -0.2) is 4.98 Å². The number of aromatic nitrogens is 1. The predicted molar refractivity (Wildman–Crippen MR) is 102 cm³/mol. The molecule has 0 aliphatic carbocycles. The number of nitrogens with one attached hydrogen (secondary N) is 2. The molecule has 0 aromatic carbocycles. The molecule has 2 N–H and O–H groups in total. The number of halogens is 2. The molecule has 8 heteroatoms. The van der Waals surface area contributed by atoms with Gasteiger partial charge in [-0.1, -0.05) is 0 Å². The van der Waals surface area contributed by atoms with Crippen LogP contribution < -0.4 is 10.6 Å². The van der Waals surface area contributed by atoms with Crippen molar-refractivity contribution in [1.29, 1.82) is 0 Å². The van der Waals surface area contributed by atoms with Crippen molar-refractivity contribution in [3.05, 3.63) is 29.7 Å². The second-order valence-electron chi connectivity index (χ2n) is 6.31. The van der Waals surface area contributed by atoms with Crippen LogP contribution in [0.3, 0.4) is 0 Å². The second kappa shape index (κ2) is 9.38. The van der Waals surface area contributed by atoms with Gasteiger partial charge in [0.2, 0.25) is 0 Å². The summed E-state index contributed by atoms with van der Waals surface area (Å²) in [6.45, 7) is 5.05. The molecule has 2 aromatic heterocycles. The maximum Gasteiger partial charge on any atom is 0.287 e. The maximum atomic E-state index is 12.4. The minimum absolute atomic E-state index is 0. The van der Waals surface area contributed by atoms with E-state index in [1.165, 1.54) is 0 Å². The van der Waals surface area contributed by atoms with Crippen LogP contribution in [0.15, 0.2) is 22.6 Å². The van der Waals surface area contributed by atoms with E-state index >= 15 is 0 Å². The van der Waals surface area contributed by atoms with Crippen molar-refractivity contribution < 1.29 is 13.9 Å². The number of methoxy groups -OCH3 is 1. The van der Waals surface area contributed by atoms with Crippen molar-refractivity contribution >= 4 is 41.8 Å². The Kier molecular flexibility index (Phi) is 8.15. The van der Waals surface area contributed by atoms with Gasteiger partial charge in [0.25, 0.3) is 5.91 Å². The lowest BCUT2D eigenvalue weighted by Crippen LogP contribution is -2.47. The van der Waals surface area contributed by atoms with Crippen molar-refractivity contribution in [2.24, 2.45) is 5.41 Å². The normalized spacial score (nSPS) is 15.9. The summed E-state index contributed by atoms with van der Waals surface area (Å²) in [6.07, 6.45) is 1.98. The predicted octanol–water partition coefficient (Wildman–Crippen LogP) is 2.73. The largest absolute Gasteiger partial charge is 0.449 e. The Hall–Kier alpha value is -1.34.